The number of nitrogens with zero attached hydrogens (tertiary/aromatic N) is 1. The number of anilines is 1. The van der Waals surface area contributed by atoms with Gasteiger partial charge < -0.3 is 20.1 Å². The molecule has 0 unspecified atom stereocenters. The summed E-state index contributed by atoms with van der Waals surface area (Å²) in [5.74, 6) is -3.64. The first-order valence-corrected chi connectivity index (χ1v) is 13.0. The van der Waals surface area contributed by atoms with Gasteiger partial charge in [-0.05, 0) is 55.3 Å². The molecular formula is C25H23BrClN3O5S. The maximum Gasteiger partial charge on any atom is 0.319 e. The highest BCUT2D eigenvalue weighted by Crippen LogP contribution is 2.42. The quantitative estimate of drug-likeness (QED) is 0.330. The normalized spacial score (nSPS) is 17.2. The van der Waals surface area contributed by atoms with Gasteiger partial charge in [-0.2, -0.15) is 5.26 Å². The molecule has 1 heterocycles. The van der Waals surface area contributed by atoms with E-state index in [4.69, 9.17) is 21.1 Å². The number of hydrogen-bond donors (Lipinski definition) is 2. The van der Waals surface area contributed by atoms with E-state index in [9.17, 15) is 19.6 Å². The highest BCUT2D eigenvalue weighted by atomic mass is 79.9. The summed E-state index contributed by atoms with van der Waals surface area (Å²) in [6, 6.07) is 12.3. The number of rotatable bonds is 8. The number of carbonyl (C=O) groups excluding carboxylic acids is 3. The number of esters is 1. The van der Waals surface area contributed by atoms with Crippen LogP contribution in [0.1, 0.15) is 24.0 Å². The molecule has 0 aliphatic carbocycles. The third kappa shape index (κ3) is 6.22. The number of aryl methyl sites for hydroxylation is 1. The van der Waals surface area contributed by atoms with E-state index < -0.39 is 23.7 Å². The van der Waals surface area contributed by atoms with Gasteiger partial charge in [-0.25, -0.2) is 0 Å². The van der Waals surface area contributed by atoms with Gasteiger partial charge in [0, 0.05) is 16.1 Å². The van der Waals surface area contributed by atoms with Gasteiger partial charge in [0.15, 0.2) is 0 Å². The van der Waals surface area contributed by atoms with Crippen LogP contribution in [0.3, 0.4) is 0 Å². The molecule has 0 saturated carbocycles. The molecule has 0 spiro atoms. The van der Waals surface area contributed by atoms with Crippen molar-refractivity contribution in [1.29, 1.82) is 5.26 Å². The van der Waals surface area contributed by atoms with E-state index in [0.29, 0.717) is 23.6 Å². The van der Waals surface area contributed by atoms with E-state index in [0.717, 1.165) is 21.8 Å². The van der Waals surface area contributed by atoms with Crippen LogP contribution in [-0.4, -0.2) is 37.3 Å². The predicted molar refractivity (Wildman–Crippen MR) is 142 cm³/mol. The van der Waals surface area contributed by atoms with Crippen LogP contribution in [0.5, 0.6) is 5.75 Å². The van der Waals surface area contributed by atoms with Crippen molar-refractivity contribution in [2.45, 2.75) is 19.8 Å². The SMILES string of the molecule is CCOc1ccc([C@@H]2C(C#N)=C(SCC(=O)Nc3ccc(Br)c(C)c3)NC(=O)[C@@H]2C(=O)OC)cc1Cl. The summed E-state index contributed by atoms with van der Waals surface area (Å²) >= 11 is 10.8. The predicted octanol–water partition coefficient (Wildman–Crippen LogP) is 4.92. The monoisotopic (exact) mass is 591 g/mol. The second-order valence-corrected chi connectivity index (χ2v) is 9.99. The first-order chi connectivity index (χ1) is 17.2. The van der Waals surface area contributed by atoms with Gasteiger partial charge >= 0.3 is 5.97 Å². The Balaban J connectivity index is 1.91. The average Bonchev–Trinajstić information content (AvgIpc) is 2.85. The molecular weight excluding hydrogens is 570 g/mol. The van der Waals surface area contributed by atoms with Crippen LogP contribution in [0.25, 0.3) is 0 Å². The zero-order valence-corrected chi connectivity index (χ0v) is 22.8. The second kappa shape index (κ2) is 12.3. The van der Waals surface area contributed by atoms with Crippen molar-refractivity contribution in [3.63, 3.8) is 0 Å². The van der Waals surface area contributed by atoms with Gasteiger partial charge in [-0.15, -0.1) is 0 Å². The van der Waals surface area contributed by atoms with Crippen molar-refractivity contribution < 1.29 is 23.9 Å². The minimum atomic E-state index is -1.30. The summed E-state index contributed by atoms with van der Waals surface area (Å²) in [5, 5.41) is 15.9. The zero-order chi connectivity index (χ0) is 26.4. The molecule has 0 fully saturated rings. The first-order valence-electron chi connectivity index (χ1n) is 10.8. The van der Waals surface area contributed by atoms with E-state index >= 15 is 0 Å². The number of amides is 2. The number of nitrogens with one attached hydrogen (secondary N) is 2. The van der Waals surface area contributed by atoms with Crippen LogP contribution in [0.2, 0.25) is 5.02 Å². The summed E-state index contributed by atoms with van der Waals surface area (Å²) in [5.41, 5.74) is 2.18. The van der Waals surface area contributed by atoms with Crippen LogP contribution in [0.15, 0.2) is 51.5 Å². The molecule has 2 N–H and O–H groups in total. The summed E-state index contributed by atoms with van der Waals surface area (Å²) in [6.07, 6.45) is 0. The third-order valence-electron chi connectivity index (χ3n) is 5.39. The first kappa shape index (κ1) is 27.6. The molecule has 0 radical (unpaired) electrons. The van der Waals surface area contributed by atoms with Gasteiger partial charge in [0.25, 0.3) is 0 Å². The van der Waals surface area contributed by atoms with E-state index in [1.165, 1.54) is 7.11 Å². The molecule has 1 aliphatic rings. The number of methoxy groups -OCH3 is 1. The fourth-order valence-corrected chi connectivity index (χ4v) is 5.06. The van der Waals surface area contributed by atoms with E-state index in [1.807, 2.05) is 26.0 Å². The summed E-state index contributed by atoms with van der Waals surface area (Å²) in [7, 11) is 1.17. The van der Waals surface area contributed by atoms with Gasteiger partial charge in [0.2, 0.25) is 11.8 Å². The number of thioether (sulfide) groups is 1. The number of nitriles is 1. The number of ether oxygens (including phenoxy) is 2. The molecule has 188 valence electrons. The number of carbonyl (C=O) groups is 3. The molecule has 2 atom stereocenters. The third-order valence-corrected chi connectivity index (χ3v) is 7.59. The average molecular weight is 593 g/mol. The molecule has 8 nitrogen and oxygen atoms in total. The molecule has 11 heteroatoms. The van der Waals surface area contributed by atoms with Crippen molar-refractivity contribution in [2.24, 2.45) is 5.92 Å². The lowest BCUT2D eigenvalue weighted by molar-refractivity contribution is -0.150. The standard InChI is InChI=1S/C25H23BrClN3O5S/c1-4-35-19-8-5-14(10-18(19)27)21-16(11-28)24(30-23(32)22(21)25(33)34-3)36-12-20(31)29-15-6-7-17(26)13(2)9-15/h5-10,21-22H,4,12H2,1-3H3,(H,29,31)(H,30,32)/t21-,22-/m1/s1. The number of halogens is 2. The fourth-order valence-electron chi connectivity index (χ4n) is 3.72. The van der Waals surface area contributed by atoms with Crippen LogP contribution < -0.4 is 15.4 Å². The lowest BCUT2D eigenvalue weighted by Gasteiger charge is -2.31. The van der Waals surface area contributed by atoms with Gasteiger partial charge in [-0.3, -0.25) is 14.4 Å². The van der Waals surface area contributed by atoms with Crippen LogP contribution in [-0.2, 0) is 19.1 Å². The molecule has 1 aliphatic heterocycles. The molecule has 2 aromatic carbocycles. The van der Waals surface area contributed by atoms with E-state index in [2.05, 4.69) is 32.6 Å². The molecule has 3 rings (SSSR count). The highest BCUT2D eigenvalue weighted by Gasteiger charge is 2.44. The molecule has 2 aromatic rings. The highest BCUT2D eigenvalue weighted by molar-refractivity contribution is 9.10. The van der Waals surface area contributed by atoms with Crippen molar-refractivity contribution in [2.75, 3.05) is 24.8 Å². The number of allylic oxidation sites excluding steroid dienone is 1. The van der Waals surface area contributed by atoms with Crippen molar-refractivity contribution in [3.8, 4) is 11.8 Å². The molecule has 2 amide bonds. The maximum absolute atomic E-state index is 13.0. The van der Waals surface area contributed by atoms with Crippen LogP contribution in [0, 0.1) is 24.2 Å². The second-order valence-electron chi connectivity index (χ2n) is 7.75. The number of benzene rings is 2. The molecule has 0 aromatic heterocycles. The topological polar surface area (TPSA) is 118 Å². The summed E-state index contributed by atoms with van der Waals surface area (Å²) < 4.78 is 11.2. The van der Waals surface area contributed by atoms with Gasteiger partial charge in [-0.1, -0.05) is 45.4 Å². The lowest BCUT2D eigenvalue weighted by Crippen LogP contribution is -2.44. The Morgan fingerprint density at radius 1 is 1.28 bits per heavy atom. The van der Waals surface area contributed by atoms with Crippen molar-refractivity contribution in [1.82, 2.24) is 5.32 Å². The van der Waals surface area contributed by atoms with Crippen molar-refractivity contribution in [3.05, 3.63) is 67.6 Å². The van der Waals surface area contributed by atoms with Crippen LogP contribution in [0.4, 0.5) is 5.69 Å². The van der Waals surface area contributed by atoms with Crippen molar-refractivity contribution >= 4 is 62.8 Å². The van der Waals surface area contributed by atoms with E-state index in [1.54, 1.807) is 24.3 Å². The largest absolute Gasteiger partial charge is 0.492 e. The van der Waals surface area contributed by atoms with E-state index in [-0.39, 0.29) is 27.3 Å². The number of hydrogen-bond acceptors (Lipinski definition) is 7. The Hall–Kier alpha value is -3.00. The minimum Gasteiger partial charge on any atom is -0.492 e. The Kier molecular flexibility index (Phi) is 9.43. The summed E-state index contributed by atoms with van der Waals surface area (Å²) in [6.45, 7) is 4.12. The Morgan fingerprint density at radius 2 is 2.03 bits per heavy atom. The maximum atomic E-state index is 13.0. The Morgan fingerprint density at radius 3 is 2.64 bits per heavy atom. The van der Waals surface area contributed by atoms with Crippen LogP contribution >= 0.6 is 39.3 Å². The summed E-state index contributed by atoms with van der Waals surface area (Å²) in [4.78, 5) is 38.1. The molecule has 0 saturated heterocycles. The molecule has 36 heavy (non-hydrogen) atoms. The zero-order valence-electron chi connectivity index (χ0n) is 19.7. The molecule has 0 bridgehead atoms. The fraction of sp³-hybridized carbons (Fsp3) is 0.280. The Labute approximate surface area is 226 Å². The lowest BCUT2D eigenvalue weighted by atomic mass is 9.78. The smallest absolute Gasteiger partial charge is 0.319 e. The minimum absolute atomic E-state index is 0.0739. The van der Waals surface area contributed by atoms with Gasteiger partial charge in [0.1, 0.15) is 11.7 Å². The Bertz CT molecular complexity index is 1280. The van der Waals surface area contributed by atoms with Gasteiger partial charge in [0.05, 0.1) is 41.2 Å².